The second-order valence-corrected chi connectivity index (χ2v) is 13.0. The number of hydrogen-bond donors (Lipinski definition) is 1. The van der Waals surface area contributed by atoms with Crippen molar-refractivity contribution < 1.29 is 16.8 Å². The molecule has 0 aromatic heterocycles. The third-order valence-electron chi connectivity index (χ3n) is 6.02. The lowest BCUT2D eigenvalue weighted by atomic mass is 10.1. The average Bonchev–Trinajstić information content (AvgIpc) is 3.12. The van der Waals surface area contributed by atoms with Gasteiger partial charge in [0.25, 0.3) is 0 Å². The maximum absolute atomic E-state index is 14.0. The molecule has 1 N–H and O–H groups in total. The lowest BCUT2D eigenvalue weighted by Crippen LogP contribution is -2.51. The van der Waals surface area contributed by atoms with Crippen LogP contribution in [0, 0.1) is 6.92 Å². The molecule has 1 fully saturated rings. The van der Waals surface area contributed by atoms with Crippen LogP contribution in [0.5, 0.6) is 0 Å². The van der Waals surface area contributed by atoms with Crippen molar-refractivity contribution in [3.8, 4) is 0 Å². The molecule has 1 aliphatic heterocycles. The molecular formula is C25H27ClN2O4S2. The van der Waals surface area contributed by atoms with Crippen LogP contribution in [0.15, 0.2) is 83.8 Å². The molecule has 0 unspecified atom stereocenters. The first-order valence-corrected chi connectivity index (χ1v) is 14.6. The summed E-state index contributed by atoms with van der Waals surface area (Å²) in [5.74, 6) is -0.370. The molecular weight excluding hydrogens is 492 g/mol. The Hall–Kier alpha value is -2.23. The number of hydrogen-bond acceptors (Lipinski definition) is 5. The summed E-state index contributed by atoms with van der Waals surface area (Å²) in [4.78, 5) is 0.0852. The van der Waals surface area contributed by atoms with Gasteiger partial charge >= 0.3 is 0 Å². The van der Waals surface area contributed by atoms with Gasteiger partial charge < -0.3 is 5.32 Å². The monoisotopic (exact) mass is 518 g/mol. The van der Waals surface area contributed by atoms with Crippen molar-refractivity contribution in [2.24, 2.45) is 0 Å². The van der Waals surface area contributed by atoms with Crippen molar-refractivity contribution in [3.63, 3.8) is 0 Å². The first-order chi connectivity index (χ1) is 16.2. The van der Waals surface area contributed by atoms with E-state index in [1.807, 2.05) is 60.7 Å². The molecule has 34 heavy (non-hydrogen) atoms. The third-order valence-corrected chi connectivity index (χ3v) is 9.99. The maximum atomic E-state index is 14.0. The molecule has 1 aliphatic rings. The van der Waals surface area contributed by atoms with Gasteiger partial charge in [-0.2, -0.15) is 4.31 Å². The highest BCUT2D eigenvalue weighted by atomic mass is 35.5. The van der Waals surface area contributed by atoms with Crippen LogP contribution in [0.1, 0.15) is 16.7 Å². The van der Waals surface area contributed by atoms with Gasteiger partial charge in [-0.3, -0.25) is 0 Å². The number of aryl methyl sites for hydroxylation is 1. The highest BCUT2D eigenvalue weighted by Gasteiger charge is 2.45. The number of nitrogens with one attached hydrogen (secondary N) is 1. The molecule has 4 rings (SSSR count). The Morgan fingerprint density at radius 3 is 2.21 bits per heavy atom. The zero-order valence-corrected chi connectivity index (χ0v) is 21.2. The molecule has 2 atom stereocenters. The Balaban J connectivity index is 1.74. The highest BCUT2D eigenvalue weighted by Crippen LogP contribution is 2.30. The number of nitrogens with zero attached hydrogens (tertiary/aromatic N) is 1. The van der Waals surface area contributed by atoms with Gasteiger partial charge in [0.15, 0.2) is 9.84 Å². The van der Waals surface area contributed by atoms with Crippen LogP contribution in [0.2, 0.25) is 5.02 Å². The second kappa shape index (κ2) is 10.2. The van der Waals surface area contributed by atoms with Gasteiger partial charge in [-0.25, -0.2) is 16.8 Å². The zero-order valence-electron chi connectivity index (χ0n) is 18.8. The van der Waals surface area contributed by atoms with E-state index in [2.05, 4.69) is 5.32 Å². The van der Waals surface area contributed by atoms with Crippen LogP contribution in [-0.2, 0) is 33.0 Å². The molecule has 180 valence electrons. The van der Waals surface area contributed by atoms with E-state index in [9.17, 15) is 16.8 Å². The highest BCUT2D eigenvalue weighted by molar-refractivity contribution is 7.92. The Morgan fingerprint density at radius 2 is 1.56 bits per heavy atom. The van der Waals surface area contributed by atoms with Gasteiger partial charge in [-0.15, -0.1) is 0 Å². The Bertz CT molecular complexity index is 1350. The summed E-state index contributed by atoms with van der Waals surface area (Å²) in [6.07, 6.45) is 0. The third kappa shape index (κ3) is 5.70. The lowest BCUT2D eigenvalue weighted by molar-refractivity contribution is 0.286. The summed E-state index contributed by atoms with van der Waals surface area (Å²) in [6.45, 7) is 2.20. The van der Waals surface area contributed by atoms with Crippen LogP contribution >= 0.6 is 11.6 Å². The van der Waals surface area contributed by atoms with E-state index in [0.717, 1.165) is 11.1 Å². The predicted octanol–water partition coefficient (Wildman–Crippen LogP) is 3.79. The number of sulfone groups is 1. The molecule has 0 radical (unpaired) electrons. The Labute approximate surface area is 206 Å². The molecule has 9 heteroatoms. The largest absolute Gasteiger partial charge is 0.307 e. The fraction of sp³-hybridized carbons (Fsp3) is 0.280. The van der Waals surface area contributed by atoms with E-state index in [0.29, 0.717) is 17.1 Å². The normalized spacial score (nSPS) is 20.0. The standard InChI is InChI=1S/C25H27ClN2O4S2/c1-19-12-13-22(26)14-25(19)34(31,32)28(16-21-10-6-3-7-11-21)24-18-33(29,30)17-23(24)27-15-20-8-4-2-5-9-20/h2-14,23-24,27H,15-18H2,1H3/t23-,24-/m1/s1. The minimum atomic E-state index is -4.06. The Morgan fingerprint density at radius 1 is 0.941 bits per heavy atom. The fourth-order valence-corrected chi connectivity index (χ4v) is 8.46. The van der Waals surface area contributed by atoms with Crippen molar-refractivity contribution in [2.45, 2.75) is 37.0 Å². The first-order valence-electron chi connectivity index (χ1n) is 11.0. The van der Waals surface area contributed by atoms with Gasteiger partial charge in [0.05, 0.1) is 22.4 Å². The summed E-state index contributed by atoms with van der Waals surface area (Å²) >= 11 is 6.15. The first kappa shape index (κ1) is 24.9. The minimum absolute atomic E-state index is 0.0544. The second-order valence-electron chi connectivity index (χ2n) is 8.56. The van der Waals surface area contributed by atoms with Crippen LogP contribution in [0.25, 0.3) is 0 Å². The minimum Gasteiger partial charge on any atom is -0.307 e. The number of rotatable bonds is 8. The van der Waals surface area contributed by atoms with Gasteiger partial charge in [0.2, 0.25) is 10.0 Å². The van der Waals surface area contributed by atoms with E-state index < -0.39 is 31.9 Å². The molecule has 0 spiro atoms. The molecule has 6 nitrogen and oxygen atoms in total. The molecule has 1 heterocycles. The van der Waals surface area contributed by atoms with Crippen LogP contribution in [0.4, 0.5) is 0 Å². The quantitative estimate of drug-likeness (QED) is 0.490. The average molecular weight is 519 g/mol. The van der Waals surface area contributed by atoms with E-state index in [1.54, 1.807) is 19.1 Å². The summed E-state index contributed by atoms with van der Waals surface area (Å²) in [5, 5.41) is 3.62. The van der Waals surface area contributed by atoms with E-state index in [4.69, 9.17) is 11.6 Å². The summed E-state index contributed by atoms with van der Waals surface area (Å²) < 4.78 is 54.7. The van der Waals surface area contributed by atoms with Crippen molar-refractivity contribution in [3.05, 3.63) is 101 Å². The summed E-state index contributed by atoms with van der Waals surface area (Å²) in [6, 6.07) is 22.2. The number of sulfonamides is 1. The van der Waals surface area contributed by atoms with Gasteiger partial charge in [0.1, 0.15) is 0 Å². The van der Waals surface area contributed by atoms with Crippen LogP contribution in [-0.4, -0.2) is 44.7 Å². The zero-order chi connectivity index (χ0) is 24.3. The van der Waals surface area contributed by atoms with Crippen molar-refractivity contribution >= 4 is 31.5 Å². The van der Waals surface area contributed by atoms with Crippen molar-refractivity contribution in [1.29, 1.82) is 0 Å². The van der Waals surface area contributed by atoms with E-state index in [-0.39, 0.29) is 22.9 Å². The SMILES string of the molecule is Cc1ccc(Cl)cc1S(=O)(=O)N(Cc1ccccc1)[C@@H]1CS(=O)(=O)C[C@H]1NCc1ccccc1. The van der Waals surface area contributed by atoms with Gasteiger partial charge in [-0.05, 0) is 35.7 Å². The number of halogens is 1. The fourth-order valence-electron chi connectivity index (χ4n) is 4.27. The maximum Gasteiger partial charge on any atom is 0.244 e. The Kier molecular flexibility index (Phi) is 7.45. The van der Waals surface area contributed by atoms with Crippen molar-refractivity contribution in [1.82, 2.24) is 9.62 Å². The summed E-state index contributed by atoms with van der Waals surface area (Å²) in [7, 11) is -7.50. The van der Waals surface area contributed by atoms with Crippen LogP contribution in [0.3, 0.4) is 0 Å². The van der Waals surface area contributed by atoms with Gasteiger partial charge in [0, 0.05) is 24.2 Å². The molecule has 0 saturated carbocycles. The molecule has 0 aliphatic carbocycles. The van der Waals surface area contributed by atoms with Gasteiger partial charge in [-0.1, -0.05) is 78.3 Å². The molecule has 3 aromatic carbocycles. The molecule has 0 amide bonds. The topological polar surface area (TPSA) is 83.6 Å². The molecule has 3 aromatic rings. The van der Waals surface area contributed by atoms with Crippen LogP contribution < -0.4 is 5.32 Å². The smallest absolute Gasteiger partial charge is 0.244 e. The van der Waals surface area contributed by atoms with Crippen molar-refractivity contribution in [2.75, 3.05) is 11.5 Å². The van der Waals surface area contributed by atoms with E-state index in [1.165, 1.54) is 10.4 Å². The van der Waals surface area contributed by atoms with E-state index >= 15 is 0 Å². The lowest BCUT2D eigenvalue weighted by Gasteiger charge is -2.32. The molecule has 1 saturated heterocycles. The number of benzene rings is 3. The summed E-state index contributed by atoms with van der Waals surface area (Å²) in [5.41, 5.74) is 2.32. The predicted molar refractivity (Wildman–Crippen MR) is 135 cm³/mol. The molecule has 0 bridgehead atoms.